The number of aliphatic carboxylic acids is 1. The van der Waals surface area contributed by atoms with Crippen molar-refractivity contribution in [2.24, 2.45) is 0 Å². The first-order valence-corrected chi connectivity index (χ1v) is 10.0. The Morgan fingerprint density at radius 3 is 2.38 bits per heavy atom. The fourth-order valence-electron chi connectivity index (χ4n) is 2.56. The molecule has 2 aromatic carbocycles. The lowest BCUT2D eigenvalue weighted by Crippen LogP contribution is -2.37. The van der Waals surface area contributed by atoms with Gasteiger partial charge in [-0.25, -0.2) is 8.42 Å². The first-order valence-electron chi connectivity index (χ1n) is 8.12. The normalized spacial score (nSPS) is 12.3. The van der Waals surface area contributed by atoms with Gasteiger partial charge < -0.3 is 10.4 Å². The lowest BCUT2D eigenvalue weighted by molar-refractivity contribution is -0.137. The van der Waals surface area contributed by atoms with Gasteiger partial charge in [0.1, 0.15) is 0 Å². The van der Waals surface area contributed by atoms with Gasteiger partial charge in [0.25, 0.3) is 5.91 Å². The van der Waals surface area contributed by atoms with Gasteiger partial charge in [-0.3, -0.25) is 9.59 Å². The smallest absolute Gasteiger partial charge is 0.303 e. The minimum absolute atomic E-state index is 0.0651. The van der Waals surface area contributed by atoms with E-state index in [4.69, 9.17) is 5.11 Å². The predicted molar refractivity (Wildman–Crippen MR) is 97.8 cm³/mol. The number of benzene rings is 2. The number of amides is 1. The molecule has 1 unspecified atom stereocenters. The Kier molecular flexibility index (Phi) is 6.52. The van der Waals surface area contributed by atoms with E-state index in [9.17, 15) is 18.0 Å². The number of carboxylic acid groups (broad SMARTS) is 1. The molecule has 1 amide bonds. The highest BCUT2D eigenvalue weighted by molar-refractivity contribution is 7.90. The monoisotopic (exact) mass is 375 g/mol. The zero-order chi connectivity index (χ0) is 19.2. The van der Waals surface area contributed by atoms with E-state index < -0.39 is 21.7 Å². The molecule has 0 heterocycles. The molecule has 0 fully saturated rings. The second kappa shape index (κ2) is 8.62. The third-order valence-electron chi connectivity index (χ3n) is 3.89. The van der Waals surface area contributed by atoms with Gasteiger partial charge in [-0.2, -0.15) is 0 Å². The van der Waals surface area contributed by atoms with Crippen LogP contribution in [0.2, 0.25) is 0 Å². The molecule has 0 saturated carbocycles. The second-order valence-corrected chi connectivity index (χ2v) is 8.11. The molecular weight excluding hydrogens is 354 g/mol. The van der Waals surface area contributed by atoms with Gasteiger partial charge in [-0.05, 0) is 36.6 Å². The summed E-state index contributed by atoms with van der Waals surface area (Å²) in [5.74, 6) is -1.36. The van der Waals surface area contributed by atoms with Crippen molar-refractivity contribution >= 4 is 21.7 Å². The van der Waals surface area contributed by atoms with E-state index in [2.05, 4.69) is 5.32 Å². The number of hydrogen-bond acceptors (Lipinski definition) is 4. The summed E-state index contributed by atoms with van der Waals surface area (Å²) in [4.78, 5) is 23.5. The second-order valence-electron chi connectivity index (χ2n) is 6.09. The molecule has 138 valence electrons. The molecule has 0 aliphatic heterocycles. The molecule has 0 aliphatic carbocycles. The Hall–Kier alpha value is -2.67. The first kappa shape index (κ1) is 19.7. The van der Waals surface area contributed by atoms with Crippen LogP contribution in [0.1, 0.15) is 28.8 Å². The molecule has 0 bridgehead atoms. The van der Waals surface area contributed by atoms with Gasteiger partial charge in [0.2, 0.25) is 0 Å². The van der Waals surface area contributed by atoms with Crippen molar-refractivity contribution in [2.75, 3.05) is 6.26 Å². The average molecular weight is 375 g/mol. The number of rotatable bonds is 8. The maximum atomic E-state index is 12.5. The molecular formula is C19H21NO5S. The molecule has 2 aromatic rings. The minimum Gasteiger partial charge on any atom is -0.481 e. The summed E-state index contributed by atoms with van der Waals surface area (Å²) in [5, 5.41) is 11.7. The summed E-state index contributed by atoms with van der Waals surface area (Å²) >= 11 is 0. The van der Waals surface area contributed by atoms with E-state index in [0.29, 0.717) is 6.42 Å². The van der Waals surface area contributed by atoms with E-state index in [-0.39, 0.29) is 29.3 Å². The number of hydrogen-bond donors (Lipinski definition) is 2. The van der Waals surface area contributed by atoms with Crippen LogP contribution in [0.5, 0.6) is 0 Å². The van der Waals surface area contributed by atoms with E-state index in [0.717, 1.165) is 11.8 Å². The van der Waals surface area contributed by atoms with Crippen LogP contribution in [-0.4, -0.2) is 37.7 Å². The molecule has 0 radical (unpaired) electrons. The lowest BCUT2D eigenvalue weighted by Gasteiger charge is -2.18. The van der Waals surface area contributed by atoms with Crippen LogP contribution in [0, 0.1) is 0 Å². The number of carboxylic acids is 1. The van der Waals surface area contributed by atoms with Gasteiger partial charge in [-0.1, -0.05) is 36.4 Å². The summed E-state index contributed by atoms with van der Waals surface area (Å²) < 4.78 is 23.3. The number of sulfone groups is 1. The molecule has 0 aliphatic rings. The standard InChI is InChI=1S/C19H21NO5S/c1-26(24,25)17-9-5-8-15(13-17)19(23)20-16(10-11-18(21)22)12-14-6-3-2-4-7-14/h2-9,13,16H,10-12H2,1H3,(H,20,23)(H,21,22). The molecule has 2 N–H and O–H groups in total. The number of nitrogens with one attached hydrogen (secondary N) is 1. The Labute approximate surface area is 152 Å². The van der Waals surface area contributed by atoms with Crippen LogP contribution in [0.15, 0.2) is 59.5 Å². The molecule has 26 heavy (non-hydrogen) atoms. The van der Waals surface area contributed by atoms with Crippen LogP contribution in [0.3, 0.4) is 0 Å². The minimum atomic E-state index is -3.42. The first-order chi connectivity index (χ1) is 12.3. The summed E-state index contributed by atoms with van der Waals surface area (Å²) in [6.07, 6.45) is 1.78. The highest BCUT2D eigenvalue weighted by Gasteiger charge is 2.17. The molecule has 0 saturated heterocycles. The fourth-order valence-corrected chi connectivity index (χ4v) is 3.23. The van der Waals surface area contributed by atoms with Gasteiger partial charge in [0, 0.05) is 24.3 Å². The van der Waals surface area contributed by atoms with Crippen molar-refractivity contribution in [3.63, 3.8) is 0 Å². The van der Waals surface area contributed by atoms with E-state index in [1.165, 1.54) is 24.3 Å². The van der Waals surface area contributed by atoms with E-state index >= 15 is 0 Å². The largest absolute Gasteiger partial charge is 0.481 e. The zero-order valence-corrected chi connectivity index (χ0v) is 15.2. The van der Waals surface area contributed by atoms with Crippen molar-refractivity contribution in [2.45, 2.75) is 30.2 Å². The van der Waals surface area contributed by atoms with E-state index in [1.54, 1.807) is 0 Å². The zero-order valence-electron chi connectivity index (χ0n) is 14.4. The Balaban J connectivity index is 2.16. The van der Waals surface area contributed by atoms with E-state index in [1.807, 2.05) is 30.3 Å². The fraction of sp³-hybridized carbons (Fsp3) is 0.263. The molecule has 6 nitrogen and oxygen atoms in total. The van der Waals surface area contributed by atoms with Gasteiger partial charge in [-0.15, -0.1) is 0 Å². The summed E-state index contributed by atoms with van der Waals surface area (Å²) in [6, 6.07) is 14.9. The van der Waals surface area contributed by atoms with Crippen LogP contribution < -0.4 is 5.32 Å². The molecule has 1 atom stereocenters. The third-order valence-corrected chi connectivity index (χ3v) is 5.00. The average Bonchev–Trinajstić information content (AvgIpc) is 2.60. The highest BCUT2D eigenvalue weighted by atomic mass is 32.2. The van der Waals surface area contributed by atoms with Crippen molar-refractivity contribution in [3.8, 4) is 0 Å². The van der Waals surface area contributed by atoms with Crippen LogP contribution >= 0.6 is 0 Å². The summed E-state index contributed by atoms with van der Waals surface area (Å²) in [5.41, 5.74) is 1.20. The molecule has 0 spiro atoms. The Morgan fingerprint density at radius 2 is 1.77 bits per heavy atom. The summed E-state index contributed by atoms with van der Waals surface area (Å²) in [6.45, 7) is 0. The quantitative estimate of drug-likeness (QED) is 0.737. The van der Waals surface area contributed by atoms with Crippen LogP contribution in [0.25, 0.3) is 0 Å². The Bertz CT molecular complexity index is 878. The van der Waals surface area contributed by atoms with Crippen LogP contribution in [0.4, 0.5) is 0 Å². The Morgan fingerprint density at radius 1 is 1.08 bits per heavy atom. The molecule has 7 heteroatoms. The number of carbonyl (C=O) groups is 2. The maximum Gasteiger partial charge on any atom is 0.303 e. The van der Waals surface area contributed by atoms with Crippen molar-refractivity contribution in [1.82, 2.24) is 5.32 Å². The van der Waals surface area contributed by atoms with Gasteiger partial charge in [0.05, 0.1) is 4.90 Å². The maximum absolute atomic E-state index is 12.5. The van der Waals surface area contributed by atoms with Gasteiger partial charge in [0.15, 0.2) is 9.84 Å². The summed E-state index contributed by atoms with van der Waals surface area (Å²) in [7, 11) is -3.42. The van der Waals surface area contributed by atoms with Crippen molar-refractivity contribution in [1.29, 1.82) is 0 Å². The third kappa shape index (κ3) is 6.00. The molecule has 2 rings (SSSR count). The number of carbonyl (C=O) groups excluding carboxylic acids is 1. The predicted octanol–water partition coefficient (Wildman–Crippen LogP) is 2.30. The highest BCUT2D eigenvalue weighted by Crippen LogP contribution is 2.13. The lowest BCUT2D eigenvalue weighted by atomic mass is 10.0. The molecule has 0 aromatic heterocycles. The SMILES string of the molecule is CS(=O)(=O)c1cccc(C(=O)NC(CCC(=O)O)Cc2ccccc2)c1. The topological polar surface area (TPSA) is 101 Å². The van der Waals surface area contributed by atoms with Gasteiger partial charge >= 0.3 is 5.97 Å². The van der Waals surface area contributed by atoms with Crippen molar-refractivity contribution < 1.29 is 23.1 Å². The van der Waals surface area contributed by atoms with Crippen LogP contribution in [-0.2, 0) is 21.1 Å². The van der Waals surface area contributed by atoms with Crippen molar-refractivity contribution in [3.05, 3.63) is 65.7 Å².